The molecule has 2 N–H and O–H groups in total. The van der Waals surface area contributed by atoms with E-state index >= 15 is 0 Å². The van der Waals surface area contributed by atoms with Crippen LogP contribution in [-0.2, 0) is 0 Å². The van der Waals surface area contributed by atoms with Gasteiger partial charge in [0.05, 0.1) is 11.4 Å². The fourth-order valence-electron chi connectivity index (χ4n) is 1.40. The van der Waals surface area contributed by atoms with E-state index in [1.54, 1.807) is 0 Å². The van der Waals surface area contributed by atoms with E-state index in [9.17, 15) is 0 Å². The lowest BCUT2D eigenvalue weighted by atomic mass is 10.2. The Hall–Kier alpha value is -2.09. The third kappa shape index (κ3) is 2.48. The fraction of sp³-hybridized carbons (Fsp3) is 0.0714. The summed E-state index contributed by atoms with van der Waals surface area (Å²) in [7, 11) is 0. The number of hydrogen-bond donors (Lipinski definition) is 1. The van der Waals surface area contributed by atoms with Crippen molar-refractivity contribution in [2.75, 3.05) is 5.73 Å². The molecule has 2 nitrogen and oxygen atoms in total. The van der Waals surface area contributed by atoms with E-state index in [4.69, 9.17) is 5.73 Å². The van der Waals surface area contributed by atoms with Gasteiger partial charge in [-0.2, -0.15) is 0 Å². The van der Waals surface area contributed by atoms with Gasteiger partial charge in [-0.1, -0.05) is 42.0 Å². The third-order valence-corrected chi connectivity index (χ3v) is 2.37. The van der Waals surface area contributed by atoms with E-state index in [0.29, 0.717) is 5.69 Å². The van der Waals surface area contributed by atoms with Crippen molar-refractivity contribution in [1.82, 2.24) is 0 Å². The normalized spacial score (nSPS) is 10.8. The Morgan fingerprint density at radius 3 is 2.38 bits per heavy atom. The number of hydrogen-bond acceptors (Lipinski definition) is 2. The Balaban J connectivity index is 2.21. The lowest BCUT2D eigenvalue weighted by Gasteiger charge is -1.98. The van der Waals surface area contributed by atoms with Crippen molar-refractivity contribution in [2.45, 2.75) is 6.92 Å². The maximum atomic E-state index is 5.80. The number of benzene rings is 2. The van der Waals surface area contributed by atoms with Crippen LogP contribution in [0, 0.1) is 6.92 Å². The Morgan fingerprint density at radius 2 is 1.69 bits per heavy atom. The zero-order valence-electron chi connectivity index (χ0n) is 9.22. The standard InChI is InChI=1S/C14H14N2/c1-11-6-8-12(9-7-11)10-16-14-5-3-2-4-13(14)15/h2-10H,15H2,1H3. The van der Waals surface area contributed by atoms with Crippen LogP contribution in [0.1, 0.15) is 11.1 Å². The molecule has 0 aliphatic carbocycles. The van der Waals surface area contributed by atoms with Crippen molar-refractivity contribution >= 4 is 17.6 Å². The molecule has 0 aliphatic rings. The maximum Gasteiger partial charge on any atom is 0.0859 e. The summed E-state index contributed by atoms with van der Waals surface area (Å²) in [6.45, 7) is 2.07. The first-order valence-electron chi connectivity index (χ1n) is 5.21. The van der Waals surface area contributed by atoms with Crippen LogP contribution in [0.3, 0.4) is 0 Å². The second kappa shape index (κ2) is 4.62. The topological polar surface area (TPSA) is 38.4 Å². The Morgan fingerprint density at radius 1 is 1.00 bits per heavy atom. The molecule has 0 amide bonds. The molecule has 0 aromatic heterocycles. The minimum atomic E-state index is 0.700. The minimum absolute atomic E-state index is 0.700. The molecule has 0 saturated carbocycles. The van der Waals surface area contributed by atoms with Crippen LogP contribution in [0.5, 0.6) is 0 Å². The first-order chi connectivity index (χ1) is 7.75. The van der Waals surface area contributed by atoms with Crippen LogP contribution < -0.4 is 5.73 Å². The van der Waals surface area contributed by atoms with Gasteiger partial charge >= 0.3 is 0 Å². The summed E-state index contributed by atoms with van der Waals surface area (Å²) in [5.41, 5.74) is 9.63. The summed E-state index contributed by atoms with van der Waals surface area (Å²) in [4.78, 5) is 4.36. The van der Waals surface area contributed by atoms with Crippen molar-refractivity contribution in [3.8, 4) is 0 Å². The van der Waals surface area contributed by atoms with Crippen LogP contribution in [0.4, 0.5) is 11.4 Å². The summed E-state index contributed by atoms with van der Waals surface area (Å²) >= 11 is 0. The molecular weight excluding hydrogens is 196 g/mol. The van der Waals surface area contributed by atoms with E-state index in [1.807, 2.05) is 42.6 Å². The Bertz CT molecular complexity index is 498. The molecule has 2 heteroatoms. The highest BCUT2D eigenvalue weighted by molar-refractivity contribution is 5.83. The molecule has 0 aliphatic heterocycles. The molecule has 2 aromatic rings. The fourth-order valence-corrected chi connectivity index (χ4v) is 1.40. The van der Waals surface area contributed by atoms with Crippen molar-refractivity contribution < 1.29 is 0 Å². The summed E-state index contributed by atoms with van der Waals surface area (Å²) < 4.78 is 0. The molecule has 0 radical (unpaired) electrons. The summed E-state index contributed by atoms with van der Waals surface area (Å²) in [5.74, 6) is 0. The number of aliphatic imine (C=N–C) groups is 1. The van der Waals surface area contributed by atoms with Gasteiger partial charge in [-0.15, -0.1) is 0 Å². The predicted octanol–water partition coefficient (Wildman–Crippen LogP) is 3.33. The van der Waals surface area contributed by atoms with Gasteiger partial charge in [-0.25, -0.2) is 0 Å². The Kier molecular flexibility index (Phi) is 3.01. The molecule has 0 heterocycles. The quantitative estimate of drug-likeness (QED) is 0.599. The summed E-state index contributed by atoms with van der Waals surface area (Å²) in [6.07, 6.45) is 1.82. The molecule has 2 aromatic carbocycles. The zero-order chi connectivity index (χ0) is 11.4. The molecule has 0 saturated heterocycles. The van der Waals surface area contributed by atoms with Gasteiger partial charge < -0.3 is 5.73 Å². The van der Waals surface area contributed by atoms with Crippen LogP contribution in [0.25, 0.3) is 0 Å². The largest absolute Gasteiger partial charge is 0.397 e. The SMILES string of the molecule is Cc1ccc(C=Nc2ccccc2N)cc1. The van der Waals surface area contributed by atoms with Gasteiger partial charge in [0.15, 0.2) is 0 Å². The average Bonchev–Trinajstić information content (AvgIpc) is 2.30. The number of nitrogen functional groups attached to an aromatic ring is 1. The second-order valence-corrected chi connectivity index (χ2v) is 3.73. The van der Waals surface area contributed by atoms with E-state index in [0.717, 1.165) is 11.3 Å². The van der Waals surface area contributed by atoms with Gasteiger partial charge in [-0.05, 0) is 24.6 Å². The molecule has 16 heavy (non-hydrogen) atoms. The number of rotatable bonds is 2. The highest BCUT2D eigenvalue weighted by atomic mass is 14.8. The number of nitrogens with zero attached hydrogens (tertiary/aromatic N) is 1. The molecular formula is C14H14N2. The number of para-hydroxylation sites is 2. The van der Waals surface area contributed by atoms with Crippen molar-refractivity contribution in [3.05, 3.63) is 59.7 Å². The van der Waals surface area contributed by atoms with Crippen LogP contribution >= 0.6 is 0 Å². The monoisotopic (exact) mass is 210 g/mol. The summed E-state index contributed by atoms with van der Waals surface area (Å²) in [6, 6.07) is 15.8. The molecule has 80 valence electrons. The van der Waals surface area contributed by atoms with E-state index in [-0.39, 0.29) is 0 Å². The summed E-state index contributed by atoms with van der Waals surface area (Å²) in [5, 5.41) is 0. The zero-order valence-corrected chi connectivity index (χ0v) is 9.22. The van der Waals surface area contributed by atoms with Crippen LogP contribution in [0.2, 0.25) is 0 Å². The first kappa shape index (κ1) is 10.4. The third-order valence-electron chi connectivity index (χ3n) is 2.37. The lowest BCUT2D eigenvalue weighted by molar-refractivity contribution is 1.46. The number of anilines is 1. The van der Waals surface area contributed by atoms with E-state index in [1.165, 1.54) is 5.56 Å². The van der Waals surface area contributed by atoms with Gasteiger partial charge in [0.25, 0.3) is 0 Å². The highest BCUT2D eigenvalue weighted by Gasteiger charge is 1.93. The maximum absolute atomic E-state index is 5.80. The molecule has 0 spiro atoms. The first-order valence-corrected chi connectivity index (χ1v) is 5.21. The molecule has 2 rings (SSSR count). The minimum Gasteiger partial charge on any atom is -0.397 e. The second-order valence-electron chi connectivity index (χ2n) is 3.73. The van der Waals surface area contributed by atoms with E-state index in [2.05, 4.69) is 24.0 Å². The van der Waals surface area contributed by atoms with Crippen molar-refractivity contribution in [2.24, 2.45) is 4.99 Å². The van der Waals surface area contributed by atoms with Crippen molar-refractivity contribution in [3.63, 3.8) is 0 Å². The van der Waals surface area contributed by atoms with Gasteiger partial charge in [0.2, 0.25) is 0 Å². The predicted molar refractivity (Wildman–Crippen MR) is 69.3 cm³/mol. The molecule has 0 fully saturated rings. The smallest absolute Gasteiger partial charge is 0.0859 e. The van der Waals surface area contributed by atoms with E-state index < -0.39 is 0 Å². The van der Waals surface area contributed by atoms with Gasteiger partial charge in [0.1, 0.15) is 0 Å². The van der Waals surface area contributed by atoms with Gasteiger partial charge in [0, 0.05) is 6.21 Å². The molecule has 0 bridgehead atoms. The van der Waals surface area contributed by atoms with Crippen LogP contribution in [-0.4, -0.2) is 6.21 Å². The van der Waals surface area contributed by atoms with Crippen LogP contribution in [0.15, 0.2) is 53.5 Å². The molecule has 0 atom stereocenters. The highest BCUT2D eigenvalue weighted by Crippen LogP contribution is 2.20. The van der Waals surface area contributed by atoms with Crippen molar-refractivity contribution in [1.29, 1.82) is 0 Å². The molecule has 0 unspecified atom stereocenters. The average molecular weight is 210 g/mol. The number of nitrogens with two attached hydrogens (primary N) is 1. The lowest BCUT2D eigenvalue weighted by Crippen LogP contribution is -1.85. The number of aryl methyl sites for hydroxylation is 1. The van der Waals surface area contributed by atoms with Gasteiger partial charge in [-0.3, -0.25) is 4.99 Å². The Labute approximate surface area is 95.5 Å².